The molecular weight excluding hydrogens is 408 g/mol. The van der Waals surface area contributed by atoms with Crippen LogP contribution in [0.25, 0.3) is 0 Å². The fourth-order valence-electron chi connectivity index (χ4n) is 3.81. The van der Waals surface area contributed by atoms with E-state index in [2.05, 4.69) is 19.1 Å². The monoisotopic (exact) mass is 432 g/mol. The second-order valence-electron chi connectivity index (χ2n) is 7.25. The molecule has 0 aliphatic carbocycles. The number of benzene rings is 2. The van der Waals surface area contributed by atoms with E-state index in [4.69, 9.17) is 14.5 Å². The number of aryl methyl sites for hydroxylation is 1. The molecule has 4 rings (SSSR count). The van der Waals surface area contributed by atoms with Crippen LogP contribution in [0.4, 0.5) is 5.69 Å². The summed E-state index contributed by atoms with van der Waals surface area (Å²) in [6.45, 7) is 2.09. The molecule has 2 aliphatic rings. The largest absolute Gasteiger partial charge is 0.497 e. The Morgan fingerprint density at radius 2 is 1.93 bits per heavy atom. The number of anilines is 1. The van der Waals surface area contributed by atoms with E-state index in [1.54, 1.807) is 26.0 Å². The van der Waals surface area contributed by atoms with Crippen molar-refractivity contribution in [1.29, 1.82) is 0 Å². The van der Waals surface area contributed by atoms with Crippen molar-refractivity contribution >= 4 is 32.5 Å². The molecule has 2 unspecified atom stereocenters. The molecule has 0 bridgehead atoms. The van der Waals surface area contributed by atoms with Crippen molar-refractivity contribution in [3.8, 4) is 11.5 Å². The molecule has 1 saturated heterocycles. The number of hydrogen-bond acceptors (Lipinski definition) is 7. The van der Waals surface area contributed by atoms with Gasteiger partial charge >= 0.3 is 0 Å². The van der Waals surface area contributed by atoms with Crippen molar-refractivity contribution in [3.05, 3.63) is 53.6 Å². The second kappa shape index (κ2) is 7.91. The summed E-state index contributed by atoms with van der Waals surface area (Å²) in [6, 6.07) is 13.3. The Hall–Kier alpha value is -2.19. The molecule has 0 radical (unpaired) electrons. The quantitative estimate of drug-likeness (QED) is 0.722. The zero-order chi connectivity index (χ0) is 20.6. The molecule has 2 aromatic carbocycles. The van der Waals surface area contributed by atoms with Crippen molar-refractivity contribution in [1.82, 2.24) is 0 Å². The molecule has 8 heteroatoms. The van der Waals surface area contributed by atoms with Crippen molar-refractivity contribution in [2.24, 2.45) is 4.99 Å². The van der Waals surface area contributed by atoms with Gasteiger partial charge in [-0.15, -0.1) is 0 Å². The molecule has 2 aliphatic heterocycles. The summed E-state index contributed by atoms with van der Waals surface area (Å²) in [5.74, 6) is 2.30. The van der Waals surface area contributed by atoms with Crippen LogP contribution in [0.15, 0.2) is 47.5 Å². The number of fused-ring (bicyclic) bond motifs is 1. The van der Waals surface area contributed by atoms with Gasteiger partial charge in [-0.2, -0.15) is 0 Å². The Bertz CT molecular complexity index is 1050. The molecule has 0 amide bonds. The third-order valence-corrected chi connectivity index (χ3v) is 8.09. The van der Waals surface area contributed by atoms with Crippen molar-refractivity contribution in [3.63, 3.8) is 0 Å². The topological polar surface area (TPSA) is 68.2 Å². The number of rotatable bonds is 5. The van der Waals surface area contributed by atoms with Gasteiger partial charge in [0.05, 0.1) is 43.5 Å². The third-order valence-electron chi connectivity index (χ3n) is 5.37. The molecular formula is C21H24N2O4S2. The number of methoxy groups -OCH3 is 2. The first kappa shape index (κ1) is 20.1. The average Bonchev–Trinajstić information content (AvgIpc) is 3.17. The number of sulfone groups is 1. The second-order valence-corrected chi connectivity index (χ2v) is 10.3. The summed E-state index contributed by atoms with van der Waals surface area (Å²) in [4.78, 5) is 6.84. The number of nitrogens with zero attached hydrogens (tertiary/aromatic N) is 2. The molecule has 6 nitrogen and oxygen atoms in total. The maximum atomic E-state index is 12.3. The van der Waals surface area contributed by atoms with Crippen molar-refractivity contribution in [2.45, 2.75) is 24.8 Å². The Morgan fingerprint density at radius 1 is 1.14 bits per heavy atom. The first-order valence-corrected chi connectivity index (χ1v) is 12.2. The smallest absolute Gasteiger partial charge is 0.164 e. The zero-order valence-electron chi connectivity index (χ0n) is 16.7. The van der Waals surface area contributed by atoms with Crippen LogP contribution >= 0.6 is 11.8 Å². The van der Waals surface area contributed by atoms with E-state index in [1.807, 2.05) is 35.2 Å². The normalized spacial score (nSPS) is 22.3. The maximum absolute atomic E-state index is 12.3. The van der Waals surface area contributed by atoms with E-state index in [0.717, 1.165) is 16.6 Å². The number of aliphatic imine (C=N–C) groups is 1. The number of amidine groups is 1. The van der Waals surface area contributed by atoms with E-state index >= 15 is 0 Å². The van der Waals surface area contributed by atoms with Crippen LogP contribution in [-0.4, -0.2) is 51.4 Å². The molecule has 1 fully saturated rings. The molecule has 0 saturated carbocycles. The third kappa shape index (κ3) is 3.96. The van der Waals surface area contributed by atoms with E-state index < -0.39 is 9.84 Å². The van der Waals surface area contributed by atoms with Crippen LogP contribution in [0, 0.1) is 6.92 Å². The lowest BCUT2D eigenvalue weighted by Crippen LogP contribution is -2.39. The Labute approximate surface area is 175 Å². The highest BCUT2D eigenvalue weighted by molar-refractivity contribution is 8.13. The number of ether oxygens (including phenoxy) is 2. The van der Waals surface area contributed by atoms with Crippen LogP contribution in [0.3, 0.4) is 0 Å². The molecule has 2 heterocycles. The molecule has 29 heavy (non-hydrogen) atoms. The Morgan fingerprint density at radius 3 is 2.66 bits per heavy atom. The maximum Gasteiger partial charge on any atom is 0.164 e. The summed E-state index contributed by atoms with van der Waals surface area (Å²) >= 11 is 1.63. The number of thioether (sulfide) groups is 1. The van der Waals surface area contributed by atoms with E-state index in [9.17, 15) is 8.42 Å². The minimum absolute atomic E-state index is 0.0921. The highest BCUT2D eigenvalue weighted by Gasteiger charge is 2.47. The highest BCUT2D eigenvalue weighted by atomic mass is 32.2. The van der Waals surface area contributed by atoms with Gasteiger partial charge in [0.2, 0.25) is 0 Å². The average molecular weight is 433 g/mol. The summed E-state index contributed by atoms with van der Waals surface area (Å²) in [5, 5.41) is 0.824. The van der Waals surface area contributed by atoms with Gasteiger partial charge in [-0.25, -0.2) is 8.42 Å². The lowest BCUT2D eigenvalue weighted by atomic mass is 10.1. The molecule has 154 valence electrons. The Balaban J connectivity index is 1.70. The predicted molar refractivity (Wildman–Crippen MR) is 118 cm³/mol. The van der Waals surface area contributed by atoms with Gasteiger partial charge < -0.3 is 14.4 Å². The summed E-state index contributed by atoms with van der Waals surface area (Å²) in [6.07, 6.45) is 0. The molecule has 2 aromatic rings. The predicted octanol–water partition coefficient (Wildman–Crippen LogP) is 3.29. The van der Waals surface area contributed by atoms with Gasteiger partial charge in [-0.05, 0) is 30.2 Å². The van der Waals surface area contributed by atoms with Gasteiger partial charge in [-0.3, -0.25) is 4.99 Å². The molecule has 0 spiro atoms. The first-order valence-electron chi connectivity index (χ1n) is 9.38. The first-order chi connectivity index (χ1) is 13.9. The minimum atomic E-state index is -3.11. The van der Waals surface area contributed by atoms with Crippen LogP contribution in [0.2, 0.25) is 0 Å². The lowest BCUT2D eigenvalue weighted by molar-refractivity contribution is 0.403. The zero-order valence-corrected chi connectivity index (χ0v) is 18.3. The minimum Gasteiger partial charge on any atom is -0.497 e. The van der Waals surface area contributed by atoms with E-state index in [1.165, 1.54) is 11.1 Å². The summed E-state index contributed by atoms with van der Waals surface area (Å²) in [5.41, 5.74) is 3.25. The molecule has 0 N–H and O–H groups in total. The van der Waals surface area contributed by atoms with Crippen LogP contribution < -0.4 is 14.4 Å². The van der Waals surface area contributed by atoms with Crippen LogP contribution in [0.1, 0.15) is 11.1 Å². The molecule has 2 atom stereocenters. The van der Waals surface area contributed by atoms with Crippen LogP contribution in [-0.2, 0) is 15.6 Å². The fraction of sp³-hybridized carbons (Fsp3) is 0.381. The lowest BCUT2D eigenvalue weighted by Gasteiger charge is -2.28. The standard InChI is InChI=1S/C21H24N2O4S2/c1-14-6-4-5-7-15(14)11-28-21-22-17-12-29(24,25)13-19(17)23(21)18-10-16(26-2)8-9-20(18)27-3/h4-10,17,19H,11-13H2,1-3H3. The van der Waals surface area contributed by atoms with Crippen molar-refractivity contribution < 1.29 is 17.9 Å². The molecule has 0 aromatic heterocycles. The van der Waals surface area contributed by atoms with Crippen LogP contribution in [0.5, 0.6) is 11.5 Å². The summed E-state index contributed by atoms with van der Waals surface area (Å²) in [7, 11) is 0.115. The van der Waals surface area contributed by atoms with E-state index in [-0.39, 0.29) is 23.6 Å². The fourth-order valence-corrected chi connectivity index (χ4v) is 6.85. The summed E-state index contributed by atoms with van der Waals surface area (Å²) < 4.78 is 35.5. The van der Waals surface area contributed by atoms with Gasteiger partial charge in [0.1, 0.15) is 11.5 Å². The van der Waals surface area contributed by atoms with Gasteiger partial charge in [-0.1, -0.05) is 36.0 Å². The van der Waals surface area contributed by atoms with Gasteiger partial charge in [0.15, 0.2) is 15.0 Å². The Kier molecular flexibility index (Phi) is 5.48. The SMILES string of the molecule is COc1ccc(OC)c(N2C(SCc3ccccc3C)=NC3CS(=O)(=O)CC32)c1. The highest BCUT2D eigenvalue weighted by Crippen LogP contribution is 2.41. The van der Waals surface area contributed by atoms with Crippen molar-refractivity contribution in [2.75, 3.05) is 30.6 Å². The van der Waals surface area contributed by atoms with E-state index in [0.29, 0.717) is 11.5 Å². The van der Waals surface area contributed by atoms with Gasteiger partial charge in [0, 0.05) is 11.8 Å². The van der Waals surface area contributed by atoms with Gasteiger partial charge in [0.25, 0.3) is 0 Å². The number of hydrogen-bond donors (Lipinski definition) is 0.